The van der Waals surface area contributed by atoms with E-state index in [4.69, 9.17) is 5.73 Å². The molecule has 0 amide bonds. The molecule has 0 radical (unpaired) electrons. The van der Waals surface area contributed by atoms with Crippen LogP contribution in [-0.2, 0) is 0 Å². The zero-order valence-electron chi connectivity index (χ0n) is 11.6. The number of benzene rings is 1. The van der Waals surface area contributed by atoms with Gasteiger partial charge in [0.1, 0.15) is 0 Å². The van der Waals surface area contributed by atoms with E-state index in [2.05, 4.69) is 5.32 Å². The number of alkyl halides is 3. The number of halogens is 3. The summed E-state index contributed by atoms with van der Waals surface area (Å²) in [6.07, 6.45) is -2.85. The molecule has 1 saturated carbocycles. The minimum absolute atomic E-state index is 0.152. The maximum atomic E-state index is 12.7. The Kier molecular flexibility index (Phi) is 4.28. The van der Waals surface area contributed by atoms with Crippen molar-refractivity contribution in [1.29, 1.82) is 0 Å². The first-order valence-electron chi connectivity index (χ1n) is 6.97. The summed E-state index contributed by atoms with van der Waals surface area (Å²) in [6.45, 7) is 2.33. The monoisotopic (exact) mass is 286 g/mol. The van der Waals surface area contributed by atoms with Crippen molar-refractivity contribution >= 4 is 5.69 Å². The van der Waals surface area contributed by atoms with E-state index < -0.39 is 17.6 Å². The molecule has 20 heavy (non-hydrogen) atoms. The van der Waals surface area contributed by atoms with Crippen LogP contribution in [0.15, 0.2) is 24.3 Å². The molecule has 2 nitrogen and oxygen atoms in total. The van der Waals surface area contributed by atoms with Crippen molar-refractivity contribution in [2.45, 2.75) is 44.3 Å². The van der Waals surface area contributed by atoms with Crippen LogP contribution in [0.1, 0.15) is 31.2 Å². The molecule has 1 aromatic carbocycles. The molecule has 1 aliphatic rings. The number of nitrogens with two attached hydrogens (primary N) is 1. The highest BCUT2D eigenvalue weighted by molar-refractivity contribution is 5.52. The molecular formula is C15H21F3N2. The standard InChI is InChI=1S/C15H21F3N2/c1-11-4-2-3-5-13(11)20-14(10-19)8-6-12(7-9-14)15(16,17)18/h2-5,12,20H,6-10,19H2,1H3. The lowest BCUT2D eigenvalue weighted by atomic mass is 9.76. The van der Waals surface area contributed by atoms with Crippen molar-refractivity contribution < 1.29 is 13.2 Å². The summed E-state index contributed by atoms with van der Waals surface area (Å²) in [6, 6.07) is 7.79. The Labute approximate surface area is 117 Å². The first kappa shape index (κ1) is 15.2. The number of aryl methyl sites for hydroxylation is 1. The highest BCUT2D eigenvalue weighted by Crippen LogP contribution is 2.42. The molecule has 0 aromatic heterocycles. The summed E-state index contributed by atoms with van der Waals surface area (Å²) in [7, 11) is 0. The first-order valence-corrected chi connectivity index (χ1v) is 6.97. The molecule has 1 aromatic rings. The average Bonchev–Trinajstić information content (AvgIpc) is 2.41. The summed E-state index contributed by atoms with van der Waals surface area (Å²) in [5, 5.41) is 3.39. The molecule has 2 rings (SSSR count). The molecule has 0 bridgehead atoms. The molecule has 0 aliphatic heterocycles. The van der Waals surface area contributed by atoms with Crippen LogP contribution in [0.2, 0.25) is 0 Å². The molecule has 112 valence electrons. The second-order valence-electron chi connectivity index (χ2n) is 5.74. The molecule has 0 heterocycles. The SMILES string of the molecule is Cc1ccccc1NC1(CN)CCC(C(F)(F)F)CC1. The third-order valence-electron chi connectivity index (χ3n) is 4.34. The fourth-order valence-corrected chi connectivity index (χ4v) is 2.88. The van der Waals surface area contributed by atoms with E-state index in [-0.39, 0.29) is 12.8 Å². The van der Waals surface area contributed by atoms with E-state index in [0.717, 1.165) is 11.3 Å². The van der Waals surface area contributed by atoms with Crippen molar-refractivity contribution in [2.75, 3.05) is 11.9 Å². The van der Waals surface area contributed by atoms with Gasteiger partial charge in [-0.15, -0.1) is 0 Å². The number of hydrogen-bond donors (Lipinski definition) is 2. The van der Waals surface area contributed by atoms with Gasteiger partial charge in [-0.05, 0) is 44.2 Å². The Morgan fingerprint density at radius 2 is 1.85 bits per heavy atom. The largest absolute Gasteiger partial charge is 0.391 e. The Bertz CT molecular complexity index is 449. The van der Waals surface area contributed by atoms with E-state index in [0.29, 0.717) is 19.4 Å². The smallest absolute Gasteiger partial charge is 0.378 e. The summed E-state index contributed by atoms with van der Waals surface area (Å²) in [5.74, 6) is -1.18. The van der Waals surface area contributed by atoms with E-state index in [9.17, 15) is 13.2 Å². The Morgan fingerprint density at radius 1 is 1.25 bits per heavy atom. The van der Waals surface area contributed by atoms with Crippen molar-refractivity contribution in [2.24, 2.45) is 11.7 Å². The Hall–Kier alpha value is -1.23. The molecular weight excluding hydrogens is 265 g/mol. The van der Waals surface area contributed by atoms with E-state index in [1.54, 1.807) is 0 Å². The van der Waals surface area contributed by atoms with E-state index in [1.807, 2.05) is 31.2 Å². The number of para-hydroxylation sites is 1. The number of anilines is 1. The van der Waals surface area contributed by atoms with Gasteiger partial charge in [0, 0.05) is 17.8 Å². The van der Waals surface area contributed by atoms with Crippen LogP contribution in [0.4, 0.5) is 18.9 Å². The summed E-state index contributed by atoms with van der Waals surface area (Å²) in [4.78, 5) is 0. The van der Waals surface area contributed by atoms with Crippen molar-refractivity contribution in [3.05, 3.63) is 29.8 Å². The highest BCUT2D eigenvalue weighted by Gasteiger charge is 2.45. The van der Waals surface area contributed by atoms with Gasteiger partial charge in [-0.1, -0.05) is 18.2 Å². The molecule has 3 N–H and O–H groups in total. The molecule has 0 atom stereocenters. The highest BCUT2D eigenvalue weighted by atomic mass is 19.4. The van der Waals surface area contributed by atoms with Gasteiger partial charge in [-0.3, -0.25) is 0 Å². The normalized spacial score (nSPS) is 27.4. The molecule has 0 saturated heterocycles. The molecule has 0 unspecified atom stereocenters. The van der Waals surface area contributed by atoms with Gasteiger partial charge in [0.2, 0.25) is 0 Å². The van der Waals surface area contributed by atoms with Crippen molar-refractivity contribution in [3.63, 3.8) is 0 Å². The third kappa shape index (κ3) is 3.26. The van der Waals surface area contributed by atoms with Gasteiger partial charge < -0.3 is 11.1 Å². The fraction of sp³-hybridized carbons (Fsp3) is 0.600. The number of hydrogen-bond acceptors (Lipinski definition) is 2. The quantitative estimate of drug-likeness (QED) is 0.885. The Balaban J connectivity index is 2.08. The van der Waals surface area contributed by atoms with Crippen LogP contribution >= 0.6 is 0 Å². The minimum atomic E-state index is -4.08. The van der Waals surface area contributed by atoms with Gasteiger partial charge >= 0.3 is 6.18 Å². The summed E-state index contributed by atoms with van der Waals surface area (Å²) >= 11 is 0. The van der Waals surface area contributed by atoms with E-state index in [1.165, 1.54) is 0 Å². The third-order valence-corrected chi connectivity index (χ3v) is 4.34. The second kappa shape index (κ2) is 5.64. The van der Waals surface area contributed by atoms with Gasteiger partial charge in [0.05, 0.1) is 5.92 Å². The maximum absolute atomic E-state index is 12.7. The lowest BCUT2D eigenvalue weighted by Crippen LogP contribution is -2.49. The van der Waals surface area contributed by atoms with Gasteiger partial charge in [0.25, 0.3) is 0 Å². The number of rotatable bonds is 3. The topological polar surface area (TPSA) is 38.0 Å². The minimum Gasteiger partial charge on any atom is -0.378 e. The number of nitrogens with one attached hydrogen (secondary N) is 1. The van der Waals surface area contributed by atoms with Crippen LogP contribution in [0.25, 0.3) is 0 Å². The van der Waals surface area contributed by atoms with Crippen LogP contribution < -0.4 is 11.1 Å². The van der Waals surface area contributed by atoms with Crippen LogP contribution in [-0.4, -0.2) is 18.3 Å². The Morgan fingerprint density at radius 3 is 2.35 bits per heavy atom. The van der Waals surface area contributed by atoms with Crippen LogP contribution in [0, 0.1) is 12.8 Å². The first-order chi connectivity index (χ1) is 9.36. The van der Waals surface area contributed by atoms with Crippen LogP contribution in [0.5, 0.6) is 0 Å². The molecule has 1 fully saturated rings. The lowest BCUT2D eigenvalue weighted by Gasteiger charge is -2.41. The zero-order valence-corrected chi connectivity index (χ0v) is 11.6. The summed E-state index contributed by atoms with van der Waals surface area (Å²) < 4.78 is 38.2. The average molecular weight is 286 g/mol. The molecule has 5 heteroatoms. The second-order valence-corrected chi connectivity index (χ2v) is 5.74. The maximum Gasteiger partial charge on any atom is 0.391 e. The van der Waals surface area contributed by atoms with Gasteiger partial charge in [0.15, 0.2) is 0 Å². The zero-order chi connectivity index (χ0) is 14.8. The summed E-state index contributed by atoms with van der Waals surface area (Å²) in [5.41, 5.74) is 7.48. The lowest BCUT2D eigenvalue weighted by molar-refractivity contribution is -0.183. The van der Waals surface area contributed by atoms with Gasteiger partial charge in [-0.25, -0.2) is 0 Å². The van der Waals surface area contributed by atoms with Gasteiger partial charge in [-0.2, -0.15) is 13.2 Å². The predicted molar refractivity (Wildman–Crippen MR) is 74.6 cm³/mol. The molecule has 1 aliphatic carbocycles. The molecule has 0 spiro atoms. The van der Waals surface area contributed by atoms with E-state index >= 15 is 0 Å². The predicted octanol–water partition coefficient (Wildman–Crippen LogP) is 3.86. The van der Waals surface area contributed by atoms with Crippen LogP contribution in [0.3, 0.4) is 0 Å². The van der Waals surface area contributed by atoms with Crippen molar-refractivity contribution in [1.82, 2.24) is 0 Å². The fourth-order valence-electron chi connectivity index (χ4n) is 2.88. The van der Waals surface area contributed by atoms with Crippen molar-refractivity contribution in [3.8, 4) is 0 Å².